The van der Waals surface area contributed by atoms with Crippen molar-refractivity contribution in [1.29, 1.82) is 0 Å². The summed E-state index contributed by atoms with van der Waals surface area (Å²) >= 11 is 0. The Bertz CT molecular complexity index is 1440. The lowest BCUT2D eigenvalue weighted by Crippen LogP contribution is -2.28. The van der Waals surface area contributed by atoms with E-state index < -0.39 is 10.0 Å². The molecule has 0 radical (unpaired) electrons. The van der Waals surface area contributed by atoms with E-state index in [0.29, 0.717) is 18.2 Å². The van der Waals surface area contributed by atoms with Crippen LogP contribution in [0.2, 0.25) is 0 Å². The Hall–Kier alpha value is -3.33. The molecule has 9 heteroatoms. The van der Waals surface area contributed by atoms with Gasteiger partial charge >= 0.3 is 0 Å². The molecule has 5 rings (SSSR count). The van der Waals surface area contributed by atoms with Crippen molar-refractivity contribution in [3.63, 3.8) is 0 Å². The zero-order valence-corrected chi connectivity index (χ0v) is 21.2. The fourth-order valence-corrected chi connectivity index (χ4v) is 5.86. The fraction of sp³-hybridized carbons (Fsp3) is 0.385. The molecule has 1 aromatic carbocycles. The number of imidazole rings is 1. The second-order valence-corrected chi connectivity index (χ2v) is 11.1. The third-order valence-electron chi connectivity index (χ3n) is 6.85. The molecule has 0 spiro atoms. The number of benzene rings is 1. The molecule has 1 aliphatic rings. The van der Waals surface area contributed by atoms with E-state index >= 15 is 0 Å². The van der Waals surface area contributed by atoms with Crippen molar-refractivity contribution < 1.29 is 13.2 Å². The Labute approximate surface area is 206 Å². The Balaban J connectivity index is 1.49. The van der Waals surface area contributed by atoms with Gasteiger partial charge in [-0.2, -0.15) is 8.42 Å². The summed E-state index contributed by atoms with van der Waals surface area (Å²) in [5.41, 5.74) is 3.79. The zero-order valence-electron chi connectivity index (χ0n) is 20.4. The van der Waals surface area contributed by atoms with Gasteiger partial charge in [0.05, 0.1) is 31.0 Å². The van der Waals surface area contributed by atoms with E-state index in [-0.39, 0.29) is 5.03 Å². The average molecular weight is 494 g/mol. The van der Waals surface area contributed by atoms with E-state index in [9.17, 15) is 8.42 Å². The zero-order chi connectivity index (χ0) is 24.6. The summed E-state index contributed by atoms with van der Waals surface area (Å²) in [5.74, 6) is 1.54. The molecule has 8 nitrogen and oxygen atoms in total. The summed E-state index contributed by atoms with van der Waals surface area (Å²) < 4.78 is 37.0. The van der Waals surface area contributed by atoms with E-state index in [1.54, 1.807) is 20.3 Å². The van der Waals surface area contributed by atoms with Gasteiger partial charge in [-0.25, -0.2) is 9.97 Å². The van der Waals surface area contributed by atoms with Crippen molar-refractivity contribution in [1.82, 2.24) is 19.1 Å². The summed E-state index contributed by atoms with van der Waals surface area (Å²) in [6.45, 7) is 3.56. The molecule has 1 aliphatic carbocycles. The molecule has 0 saturated heterocycles. The number of hydrogen-bond acceptors (Lipinski definition) is 5. The van der Waals surface area contributed by atoms with E-state index in [4.69, 9.17) is 9.72 Å². The highest BCUT2D eigenvalue weighted by molar-refractivity contribution is 7.92. The maximum atomic E-state index is 13.2. The minimum Gasteiger partial charge on any atom is -0.494 e. The molecule has 0 bridgehead atoms. The summed E-state index contributed by atoms with van der Waals surface area (Å²) in [4.78, 5) is 8.70. The van der Waals surface area contributed by atoms with Crippen molar-refractivity contribution >= 4 is 26.7 Å². The molecule has 1 saturated carbocycles. The predicted octanol–water partition coefficient (Wildman–Crippen LogP) is 4.38. The van der Waals surface area contributed by atoms with Crippen molar-refractivity contribution in [2.24, 2.45) is 13.0 Å². The van der Waals surface area contributed by atoms with Crippen LogP contribution in [0.1, 0.15) is 37.4 Å². The molecule has 184 valence electrons. The maximum Gasteiger partial charge on any atom is 0.281 e. The van der Waals surface area contributed by atoms with Crippen molar-refractivity contribution in [3.05, 3.63) is 66.4 Å². The first kappa shape index (κ1) is 23.4. The van der Waals surface area contributed by atoms with Gasteiger partial charge in [0.2, 0.25) is 0 Å². The van der Waals surface area contributed by atoms with Crippen LogP contribution in [-0.2, 0) is 30.0 Å². The summed E-state index contributed by atoms with van der Waals surface area (Å²) in [7, 11) is -0.525. The van der Waals surface area contributed by atoms with Gasteiger partial charge in [0.15, 0.2) is 5.03 Å². The molecule has 3 heterocycles. The Morgan fingerprint density at radius 1 is 1.14 bits per heavy atom. The van der Waals surface area contributed by atoms with E-state index in [1.165, 1.54) is 51.9 Å². The lowest BCUT2D eigenvalue weighted by atomic mass is 9.85. The minimum absolute atomic E-state index is 0.138. The molecular weight excluding hydrogens is 462 g/mol. The molecule has 0 N–H and O–H groups in total. The van der Waals surface area contributed by atoms with Gasteiger partial charge in [-0.1, -0.05) is 18.6 Å². The number of aromatic nitrogens is 4. The van der Waals surface area contributed by atoms with Gasteiger partial charge in [-0.15, -0.1) is 0 Å². The van der Waals surface area contributed by atoms with Gasteiger partial charge < -0.3 is 13.9 Å². The Kier molecular flexibility index (Phi) is 6.27. The van der Waals surface area contributed by atoms with Crippen LogP contribution in [-0.4, -0.2) is 41.2 Å². The molecule has 0 aliphatic heterocycles. The predicted molar refractivity (Wildman–Crippen MR) is 136 cm³/mol. The standard InChI is InChI=1S/C26H31N5O3S/c1-4-34-24-10-8-19(9-11-24)12-22-13-21-14-23(15-28-26(21)31(22)17-20-6-5-7-20)30(3)35(32,33)25-16-27-18-29(25)2/h8-11,13-16,18,20H,4-7,12,17H2,1-3H3. The van der Waals surface area contributed by atoms with E-state index in [0.717, 1.165) is 29.7 Å². The number of fused-ring (bicyclic) bond motifs is 1. The van der Waals surface area contributed by atoms with Crippen LogP contribution < -0.4 is 9.04 Å². The number of nitrogens with zero attached hydrogens (tertiary/aromatic N) is 5. The van der Waals surface area contributed by atoms with E-state index in [2.05, 4.69) is 27.8 Å². The molecule has 0 atom stereocenters. The summed E-state index contributed by atoms with van der Waals surface area (Å²) in [6.07, 6.45) is 9.03. The van der Waals surface area contributed by atoms with Gasteiger partial charge in [0.1, 0.15) is 11.4 Å². The largest absolute Gasteiger partial charge is 0.494 e. The molecule has 0 unspecified atom stereocenters. The van der Waals surface area contributed by atoms with Crippen LogP contribution in [0.15, 0.2) is 60.1 Å². The SMILES string of the molecule is CCOc1ccc(Cc2cc3cc(N(C)S(=O)(=O)c4cncn4C)cnc3n2CC2CCC2)cc1. The molecule has 4 aromatic rings. The van der Waals surface area contributed by atoms with Gasteiger partial charge in [0.25, 0.3) is 10.0 Å². The third-order valence-corrected chi connectivity index (χ3v) is 8.71. The van der Waals surface area contributed by atoms with E-state index in [1.807, 2.05) is 25.1 Å². The second kappa shape index (κ2) is 9.37. The van der Waals surface area contributed by atoms with Crippen molar-refractivity contribution in [3.8, 4) is 5.75 Å². The number of anilines is 1. The highest BCUT2D eigenvalue weighted by atomic mass is 32.2. The highest BCUT2D eigenvalue weighted by Crippen LogP contribution is 2.32. The fourth-order valence-electron chi connectivity index (χ4n) is 4.60. The lowest BCUT2D eigenvalue weighted by molar-refractivity contribution is 0.277. The quantitative estimate of drug-likeness (QED) is 0.346. The first-order chi connectivity index (χ1) is 16.9. The molecule has 0 amide bonds. The Morgan fingerprint density at radius 3 is 2.54 bits per heavy atom. The topological polar surface area (TPSA) is 82.2 Å². The van der Waals surface area contributed by atoms with Gasteiger partial charge in [0, 0.05) is 38.1 Å². The molecule has 35 heavy (non-hydrogen) atoms. The lowest BCUT2D eigenvalue weighted by Gasteiger charge is -2.27. The smallest absolute Gasteiger partial charge is 0.281 e. The van der Waals surface area contributed by atoms with Crippen LogP contribution in [0.25, 0.3) is 11.0 Å². The summed E-state index contributed by atoms with van der Waals surface area (Å²) in [5, 5.41) is 1.08. The van der Waals surface area contributed by atoms with Crippen molar-refractivity contribution in [2.75, 3.05) is 18.0 Å². The van der Waals surface area contributed by atoms with Crippen LogP contribution in [0.5, 0.6) is 5.75 Å². The van der Waals surface area contributed by atoms with Crippen LogP contribution >= 0.6 is 0 Å². The van der Waals surface area contributed by atoms with Gasteiger partial charge in [-0.3, -0.25) is 4.31 Å². The van der Waals surface area contributed by atoms with Crippen LogP contribution in [0.3, 0.4) is 0 Å². The number of aryl methyl sites for hydroxylation is 1. The highest BCUT2D eigenvalue weighted by Gasteiger charge is 2.26. The molecule has 1 fully saturated rings. The molecular formula is C26H31N5O3S. The van der Waals surface area contributed by atoms with Gasteiger partial charge in [-0.05, 0) is 55.5 Å². The number of ether oxygens (including phenoxy) is 1. The first-order valence-corrected chi connectivity index (χ1v) is 13.5. The third kappa shape index (κ3) is 4.52. The van der Waals surface area contributed by atoms with Crippen molar-refractivity contribution in [2.45, 2.75) is 44.2 Å². The monoisotopic (exact) mass is 493 g/mol. The normalized spacial score (nSPS) is 14.3. The Morgan fingerprint density at radius 2 is 1.91 bits per heavy atom. The number of pyridine rings is 1. The van der Waals surface area contributed by atoms with Crippen LogP contribution in [0.4, 0.5) is 5.69 Å². The average Bonchev–Trinajstić information content (AvgIpc) is 3.40. The first-order valence-electron chi connectivity index (χ1n) is 12.0. The number of sulfonamides is 1. The second-order valence-electron chi connectivity index (χ2n) is 9.22. The van der Waals surface area contributed by atoms with Crippen LogP contribution in [0, 0.1) is 5.92 Å². The number of rotatable bonds is 9. The summed E-state index contributed by atoms with van der Waals surface area (Å²) in [6, 6.07) is 12.3. The maximum absolute atomic E-state index is 13.2. The molecule has 3 aromatic heterocycles. The number of hydrogen-bond donors (Lipinski definition) is 0. The minimum atomic E-state index is -3.75.